The zero-order valence-corrected chi connectivity index (χ0v) is 13.5. The van der Waals surface area contributed by atoms with Gasteiger partial charge in [0.1, 0.15) is 5.78 Å². The van der Waals surface area contributed by atoms with Gasteiger partial charge in [-0.25, -0.2) is 0 Å². The minimum atomic E-state index is -4.67. The molecule has 0 aliphatic rings. The monoisotopic (exact) mass is 361 g/mol. The molecule has 3 rings (SSSR count). The molecule has 26 heavy (non-hydrogen) atoms. The summed E-state index contributed by atoms with van der Waals surface area (Å²) in [5.41, 5.74) is 2.20. The smallest absolute Gasteiger partial charge is 0.329 e. The van der Waals surface area contributed by atoms with Crippen molar-refractivity contribution in [2.24, 2.45) is 0 Å². The second kappa shape index (κ2) is 7.47. The highest BCUT2D eigenvalue weighted by Gasteiger charge is 2.38. The van der Waals surface area contributed by atoms with E-state index in [4.69, 9.17) is 0 Å². The fourth-order valence-corrected chi connectivity index (χ4v) is 2.38. The largest absolute Gasteiger partial charge is 0.471 e. The van der Waals surface area contributed by atoms with E-state index < -0.39 is 12.1 Å². The van der Waals surface area contributed by atoms with Crippen molar-refractivity contribution in [1.82, 2.24) is 15.1 Å². The Labute approximate surface area is 146 Å². The predicted octanol–water partition coefficient (Wildman–Crippen LogP) is 3.89. The van der Waals surface area contributed by atoms with Gasteiger partial charge in [0.15, 0.2) is 0 Å². The van der Waals surface area contributed by atoms with Crippen LogP contribution < -0.4 is 0 Å². The molecule has 2 heterocycles. The normalized spacial score (nSPS) is 11.5. The Morgan fingerprint density at radius 1 is 1.00 bits per heavy atom. The van der Waals surface area contributed by atoms with Gasteiger partial charge >= 0.3 is 12.1 Å². The lowest BCUT2D eigenvalue weighted by molar-refractivity contribution is -0.159. The van der Waals surface area contributed by atoms with Crippen LogP contribution in [0, 0.1) is 0 Å². The fraction of sp³-hybridized carbons (Fsp3) is 0.222. The average Bonchev–Trinajstić information content (AvgIpc) is 3.12. The number of nitrogens with zero attached hydrogens (tertiary/aromatic N) is 3. The van der Waals surface area contributed by atoms with Crippen LogP contribution in [0.4, 0.5) is 13.2 Å². The number of halogens is 3. The van der Waals surface area contributed by atoms with Crippen LogP contribution in [0.1, 0.15) is 23.4 Å². The Morgan fingerprint density at radius 3 is 2.31 bits per heavy atom. The molecule has 5 nitrogen and oxygen atoms in total. The summed E-state index contributed by atoms with van der Waals surface area (Å²) in [4.78, 5) is 19.3. The van der Waals surface area contributed by atoms with E-state index in [1.165, 1.54) is 0 Å². The molecule has 3 aromatic rings. The van der Waals surface area contributed by atoms with Gasteiger partial charge in [0, 0.05) is 30.8 Å². The van der Waals surface area contributed by atoms with Crippen molar-refractivity contribution in [2.45, 2.75) is 25.4 Å². The van der Waals surface area contributed by atoms with Crippen molar-refractivity contribution in [3.05, 3.63) is 65.8 Å². The Balaban J connectivity index is 1.59. The highest BCUT2D eigenvalue weighted by Crippen LogP contribution is 2.29. The maximum atomic E-state index is 12.5. The van der Waals surface area contributed by atoms with Crippen molar-refractivity contribution in [3.8, 4) is 11.4 Å². The molecule has 8 heteroatoms. The first-order valence-electron chi connectivity index (χ1n) is 7.82. The van der Waals surface area contributed by atoms with Crippen molar-refractivity contribution in [2.75, 3.05) is 0 Å². The third kappa shape index (κ3) is 4.53. The number of aryl methyl sites for hydroxylation is 1. The van der Waals surface area contributed by atoms with Crippen LogP contribution in [0.25, 0.3) is 11.4 Å². The second-order valence-corrected chi connectivity index (χ2v) is 5.69. The molecular formula is C18H14F3N3O2. The Morgan fingerprint density at radius 2 is 1.69 bits per heavy atom. The van der Waals surface area contributed by atoms with E-state index in [1.54, 1.807) is 36.7 Å². The molecule has 0 spiro atoms. The molecule has 0 fully saturated rings. The minimum absolute atomic E-state index is 0.0773. The van der Waals surface area contributed by atoms with Gasteiger partial charge in [-0.15, -0.1) is 0 Å². The zero-order chi connectivity index (χ0) is 18.6. The average molecular weight is 361 g/mol. The number of carbonyl (C=O) groups excluding carboxylic acids is 1. The third-order valence-corrected chi connectivity index (χ3v) is 3.72. The quantitative estimate of drug-likeness (QED) is 0.666. The molecule has 0 aliphatic heterocycles. The van der Waals surface area contributed by atoms with Crippen LogP contribution >= 0.6 is 0 Å². The fourth-order valence-electron chi connectivity index (χ4n) is 2.38. The highest BCUT2D eigenvalue weighted by molar-refractivity contribution is 5.81. The van der Waals surface area contributed by atoms with E-state index in [2.05, 4.69) is 19.6 Å². The molecule has 0 N–H and O–H groups in total. The van der Waals surface area contributed by atoms with Gasteiger partial charge < -0.3 is 4.52 Å². The number of rotatable bonds is 6. The SMILES string of the molecule is O=C(CCc1ccncc1)Cc1ccc(-c2noc(C(F)(F)F)n2)cc1. The Hall–Kier alpha value is -3.03. The number of hydrogen-bond donors (Lipinski definition) is 0. The molecule has 0 bridgehead atoms. The number of hydrogen-bond acceptors (Lipinski definition) is 5. The molecule has 1 aromatic carbocycles. The molecular weight excluding hydrogens is 347 g/mol. The van der Waals surface area contributed by atoms with E-state index in [9.17, 15) is 18.0 Å². The van der Waals surface area contributed by atoms with Gasteiger partial charge in [-0.3, -0.25) is 9.78 Å². The minimum Gasteiger partial charge on any atom is -0.329 e. The van der Waals surface area contributed by atoms with Gasteiger partial charge in [-0.2, -0.15) is 18.2 Å². The number of ketones is 1. The maximum Gasteiger partial charge on any atom is 0.471 e. The highest BCUT2D eigenvalue weighted by atomic mass is 19.4. The second-order valence-electron chi connectivity index (χ2n) is 5.69. The van der Waals surface area contributed by atoms with Crippen molar-refractivity contribution in [1.29, 1.82) is 0 Å². The summed E-state index contributed by atoms with van der Waals surface area (Å²) in [6.07, 6.45) is -0.00670. The number of benzene rings is 1. The van der Waals surface area contributed by atoms with E-state index in [1.807, 2.05) is 12.1 Å². The molecule has 0 atom stereocenters. The lowest BCUT2D eigenvalue weighted by Crippen LogP contribution is -2.05. The maximum absolute atomic E-state index is 12.5. The van der Waals surface area contributed by atoms with E-state index >= 15 is 0 Å². The standard InChI is InChI=1S/C18H14F3N3O2/c19-18(20,21)17-23-16(24-26-17)14-4-1-13(2-5-14)11-15(25)6-3-12-7-9-22-10-8-12/h1-2,4-5,7-10H,3,6,11H2. The number of alkyl halides is 3. The van der Waals surface area contributed by atoms with Crippen LogP contribution in [0.5, 0.6) is 0 Å². The molecule has 0 aliphatic carbocycles. The zero-order valence-electron chi connectivity index (χ0n) is 13.5. The molecule has 0 unspecified atom stereocenters. The van der Waals surface area contributed by atoms with Gasteiger partial charge in [0.25, 0.3) is 0 Å². The summed E-state index contributed by atoms with van der Waals surface area (Å²) in [5.74, 6) is -1.45. The van der Waals surface area contributed by atoms with Crippen molar-refractivity contribution < 1.29 is 22.5 Å². The summed E-state index contributed by atoms with van der Waals surface area (Å²) in [6.45, 7) is 0. The number of pyridine rings is 1. The first-order chi connectivity index (χ1) is 12.4. The third-order valence-electron chi connectivity index (χ3n) is 3.72. The van der Waals surface area contributed by atoms with Crippen LogP contribution in [0.3, 0.4) is 0 Å². The van der Waals surface area contributed by atoms with Crippen molar-refractivity contribution in [3.63, 3.8) is 0 Å². The van der Waals surface area contributed by atoms with E-state index in [0.29, 0.717) is 18.4 Å². The molecule has 134 valence electrons. The summed E-state index contributed by atoms with van der Waals surface area (Å²) < 4.78 is 41.7. The van der Waals surface area contributed by atoms with Gasteiger partial charge in [0.2, 0.25) is 5.82 Å². The summed E-state index contributed by atoms with van der Waals surface area (Å²) in [7, 11) is 0. The van der Waals surface area contributed by atoms with Gasteiger partial charge in [-0.1, -0.05) is 29.4 Å². The van der Waals surface area contributed by atoms with E-state index in [0.717, 1.165) is 11.1 Å². The Kier molecular flexibility index (Phi) is 5.11. The summed E-state index contributed by atoms with van der Waals surface area (Å²) >= 11 is 0. The van der Waals surface area contributed by atoms with Crippen LogP contribution in [-0.2, 0) is 23.8 Å². The molecule has 0 saturated heterocycles. The molecule has 0 radical (unpaired) electrons. The topological polar surface area (TPSA) is 68.9 Å². The molecule has 2 aromatic heterocycles. The van der Waals surface area contributed by atoms with Crippen molar-refractivity contribution >= 4 is 5.78 Å². The molecule has 0 saturated carbocycles. The Bertz CT molecular complexity index is 875. The van der Waals surface area contributed by atoms with Gasteiger partial charge in [-0.05, 0) is 29.7 Å². The summed E-state index contributed by atoms with van der Waals surface area (Å²) in [6, 6.07) is 10.2. The van der Waals surface area contributed by atoms with Crippen LogP contribution in [0.2, 0.25) is 0 Å². The first kappa shape index (κ1) is 17.8. The molecule has 0 amide bonds. The lowest BCUT2D eigenvalue weighted by atomic mass is 10.0. The van der Waals surface area contributed by atoms with Crippen LogP contribution in [0.15, 0.2) is 53.3 Å². The number of Topliss-reactive ketones (excluding diaryl/α,β-unsaturated/α-hetero) is 1. The number of aromatic nitrogens is 3. The predicted molar refractivity (Wildman–Crippen MR) is 86.0 cm³/mol. The van der Waals surface area contributed by atoms with Gasteiger partial charge in [0.05, 0.1) is 0 Å². The first-order valence-corrected chi connectivity index (χ1v) is 7.82. The number of carbonyl (C=O) groups is 1. The lowest BCUT2D eigenvalue weighted by Gasteiger charge is -2.03. The van der Waals surface area contributed by atoms with Crippen LogP contribution in [-0.4, -0.2) is 20.9 Å². The van der Waals surface area contributed by atoms with E-state index in [-0.39, 0.29) is 18.0 Å². The summed E-state index contributed by atoms with van der Waals surface area (Å²) in [5, 5.41) is 3.33.